The molecule has 1 saturated carbocycles. The predicted octanol–water partition coefficient (Wildman–Crippen LogP) is 1.86. The van der Waals surface area contributed by atoms with Crippen molar-refractivity contribution in [2.45, 2.75) is 37.2 Å². The zero-order chi connectivity index (χ0) is 16.3. The van der Waals surface area contributed by atoms with Crippen LogP contribution in [0.2, 0.25) is 0 Å². The molecule has 0 radical (unpaired) electrons. The normalized spacial score (nSPS) is 18.1. The maximum absolute atomic E-state index is 12.5. The van der Waals surface area contributed by atoms with Crippen molar-refractivity contribution >= 4 is 5.91 Å². The zero-order valence-electron chi connectivity index (χ0n) is 12.2. The summed E-state index contributed by atoms with van der Waals surface area (Å²) in [6.45, 7) is -0.666. The number of alkyl halides is 3. The van der Waals surface area contributed by atoms with Crippen molar-refractivity contribution in [2.75, 3.05) is 13.6 Å². The van der Waals surface area contributed by atoms with E-state index in [9.17, 15) is 23.1 Å². The van der Waals surface area contributed by atoms with Crippen LogP contribution < -0.4 is 5.32 Å². The second-order valence-corrected chi connectivity index (χ2v) is 5.59. The number of aliphatic hydroxyl groups is 1. The largest absolute Gasteiger partial charge is 0.415 e. The average molecular weight is 316 g/mol. The van der Waals surface area contributed by atoms with Gasteiger partial charge in [-0.3, -0.25) is 9.69 Å². The van der Waals surface area contributed by atoms with E-state index in [1.165, 1.54) is 11.9 Å². The summed E-state index contributed by atoms with van der Waals surface area (Å²) >= 11 is 0. The van der Waals surface area contributed by atoms with Crippen molar-refractivity contribution in [2.24, 2.45) is 0 Å². The lowest BCUT2D eigenvalue weighted by molar-refractivity contribution is -0.208. The van der Waals surface area contributed by atoms with Gasteiger partial charge in [0, 0.05) is 12.6 Å². The number of aliphatic hydroxyl groups excluding tert-OH is 1. The van der Waals surface area contributed by atoms with E-state index in [2.05, 4.69) is 5.32 Å². The molecule has 7 heteroatoms. The molecule has 1 amide bonds. The predicted molar refractivity (Wildman–Crippen MR) is 75.0 cm³/mol. The van der Waals surface area contributed by atoms with Gasteiger partial charge in [-0.15, -0.1) is 0 Å². The molecule has 4 nitrogen and oxygen atoms in total. The number of hydrogen-bond donors (Lipinski definition) is 2. The van der Waals surface area contributed by atoms with Gasteiger partial charge in [-0.2, -0.15) is 13.2 Å². The third-order valence-electron chi connectivity index (χ3n) is 3.57. The summed E-state index contributed by atoms with van der Waals surface area (Å²) < 4.78 is 37.6. The van der Waals surface area contributed by atoms with Gasteiger partial charge < -0.3 is 10.4 Å². The van der Waals surface area contributed by atoms with Gasteiger partial charge >= 0.3 is 6.18 Å². The molecule has 0 aromatic heterocycles. The van der Waals surface area contributed by atoms with Gasteiger partial charge in [0.05, 0.1) is 0 Å². The summed E-state index contributed by atoms with van der Waals surface area (Å²) in [7, 11) is 1.40. The lowest BCUT2D eigenvalue weighted by Gasteiger charge is -2.29. The Labute approximate surface area is 126 Å². The Bertz CT molecular complexity index is 503. The van der Waals surface area contributed by atoms with Crippen molar-refractivity contribution < 1.29 is 23.1 Å². The standard InChI is InChI=1S/C15H19F3N2O2/c1-20(9-12(21)15(16,17)18)13(10-5-3-2-4-6-10)14(22)19-11-7-8-11/h2-6,11-13,21H,7-9H2,1H3,(H,19,22). The molecule has 1 aromatic carbocycles. The van der Waals surface area contributed by atoms with Gasteiger partial charge in [-0.25, -0.2) is 0 Å². The van der Waals surface area contributed by atoms with Crippen molar-refractivity contribution in [1.82, 2.24) is 10.2 Å². The first-order valence-corrected chi connectivity index (χ1v) is 7.09. The molecule has 22 heavy (non-hydrogen) atoms. The Morgan fingerprint density at radius 1 is 1.36 bits per heavy atom. The fourth-order valence-electron chi connectivity index (χ4n) is 2.23. The van der Waals surface area contributed by atoms with Crippen LogP contribution >= 0.6 is 0 Å². The molecule has 2 rings (SSSR count). The van der Waals surface area contributed by atoms with Gasteiger partial charge in [-0.05, 0) is 25.5 Å². The highest BCUT2D eigenvalue weighted by Crippen LogP contribution is 2.26. The Kier molecular flexibility index (Phi) is 5.08. The molecule has 2 unspecified atom stereocenters. The molecule has 1 fully saturated rings. The summed E-state index contributed by atoms with van der Waals surface area (Å²) in [5, 5.41) is 12.0. The van der Waals surface area contributed by atoms with Crippen LogP contribution in [0.25, 0.3) is 0 Å². The molecule has 2 N–H and O–H groups in total. The minimum Gasteiger partial charge on any atom is -0.382 e. The van der Waals surface area contributed by atoms with Crippen molar-refractivity contribution in [3.05, 3.63) is 35.9 Å². The van der Waals surface area contributed by atoms with Crippen LogP contribution in [0, 0.1) is 0 Å². The summed E-state index contributed by atoms with van der Waals surface area (Å²) in [4.78, 5) is 13.6. The number of carbonyl (C=O) groups excluding carboxylic acids is 1. The SMILES string of the molecule is CN(CC(O)C(F)(F)F)C(C(=O)NC1CC1)c1ccccc1. The van der Waals surface area contributed by atoms with Crippen LogP contribution in [-0.4, -0.2) is 47.8 Å². The fourth-order valence-corrected chi connectivity index (χ4v) is 2.23. The lowest BCUT2D eigenvalue weighted by Crippen LogP contribution is -2.45. The van der Waals surface area contributed by atoms with Crippen LogP contribution in [0.3, 0.4) is 0 Å². The van der Waals surface area contributed by atoms with E-state index in [1.807, 2.05) is 0 Å². The molecule has 2 atom stereocenters. The van der Waals surface area contributed by atoms with E-state index in [0.29, 0.717) is 5.56 Å². The molecule has 0 saturated heterocycles. The van der Waals surface area contributed by atoms with E-state index in [4.69, 9.17) is 0 Å². The number of rotatable bonds is 6. The molecular formula is C15H19F3N2O2. The minimum atomic E-state index is -4.71. The molecule has 0 aliphatic heterocycles. The Balaban J connectivity index is 2.14. The highest BCUT2D eigenvalue weighted by atomic mass is 19.4. The zero-order valence-corrected chi connectivity index (χ0v) is 12.2. The Morgan fingerprint density at radius 3 is 2.45 bits per heavy atom. The summed E-state index contributed by atoms with van der Waals surface area (Å²) in [6.07, 6.45) is -5.41. The third kappa shape index (κ3) is 4.45. The smallest absolute Gasteiger partial charge is 0.382 e. The lowest BCUT2D eigenvalue weighted by atomic mass is 10.0. The van der Waals surface area contributed by atoms with Gasteiger partial charge in [-0.1, -0.05) is 30.3 Å². The highest BCUT2D eigenvalue weighted by Gasteiger charge is 2.40. The van der Waals surface area contributed by atoms with Crippen molar-refractivity contribution in [3.8, 4) is 0 Å². The molecule has 0 spiro atoms. The van der Waals surface area contributed by atoms with Gasteiger partial charge in [0.25, 0.3) is 0 Å². The van der Waals surface area contributed by atoms with Crippen molar-refractivity contribution in [1.29, 1.82) is 0 Å². The number of nitrogens with zero attached hydrogens (tertiary/aromatic N) is 1. The Hall–Kier alpha value is -1.60. The number of benzene rings is 1. The summed E-state index contributed by atoms with van der Waals surface area (Å²) in [5.41, 5.74) is 0.595. The van der Waals surface area contributed by atoms with Crippen LogP contribution in [0.5, 0.6) is 0 Å². The number of hydrogen-bond acceptors (Lipinski definition) is 3. The molecule has 0 heterocycles. The number of likely N-dealkylation sites (N-methyl/N-ethyl adjacent to an activating group) is 1. The maximum Gasteiger partial charge on any atom is 0.415 e. The molecule has 0 bridgehead atoms. The number of nitrogens with one attached hydrogen (secondary N) is 1. The summed E-state index contributed by atoms with van der Waals surface area (Å²) in [5.74, 6) is -0.342. The van der Waals surface area contributed by atoms with Crippen LogP contribution in [0.15, 0.2) is 30.3 Å². The first-order valence-electron chi connectivity index (χ1n) is 7.09. The molecule has 1 aliphatic rings. The van der Waals surface area contributed by atoms with E-state index < -0.39 is 24.9 Å². The van der Waals surface area contributed by atoms with E-state index in [-0.39, 0.29) is 11.9 Å². The van der Waals surface area contributed by atoms with Gasteiger partial charge in [0.15, 0.2) is 6.10 Å². The molecule has 1 aromatic rings. The maximum atomic E-state index is 12.5. The van der Waals surface area contributed by atoms with Crippen LogP contribution in [0.4, 0.5) is 13.2 Å². The second-order valence-electron chi connectivity index (χ2n) is 5.59. The van der Waals surface area contributed by atoms with Gasteiger partial charge in [0.1, 0.15) is 6.04 Å². The minimum absolute atomic E-state index is 0.111. The molecular weight excluding hydrogens is 297 g/mol. The number of amides is 1. The van der Waals surface area contributed by atoms with E-state index in [0.717, 1.165) is 12.8 Å². The summed E-state index contributed by atoms with van der Waals surface area (Å²) in [6, 6.07) is 7.84. The Morgan fingerprint density at radius 2 is 1.95 bits per heavy atom. The van der Waals surface area contributed by atoms with E-state index >= 15 is 0 Å². The highest BCUT2D eigenvalue weighted by molar-refractivity contribution is 5.83. The first-order chi connectivity index (χ1) is 10.3. The molecule has 1 aliphatic carbocycles. The first kappa shape index (κ1) is 16.8. The van der Waals surface area contributed by atoms with Crippen LogP contribution in [-0.2, 0) is 4.79 Å². The third-order valence-corrected chi connectivity index (χ3v) is 3.57. The van der Waals surface area contributed by atoms with Gasteiger partial charge in [0.2, 0.25) is 5.91 Å². The molecule has 122 valence electrons. The number of carbonyl (C=O) groups is 1. The second kappa shape index (κ2) is 6.66. The van der Waals surface area contributed by atoms with Crippen LogP contribution in [0.1, 0.15) is 24.4 Å². The fraction of sp³-hybridized carbons (Fsp3) is 0.533. The van der Waals surface area contributed by atoms with E-state index in [1.54, 1.807) is 30.3 Å². The quantitative estimate of drug-likeness (QED) is 0.842. The topological polar surface area (TPSA) is 52.6 Å². The van der Waals surface area contributed by atoms with Crippen molar-refractivity contribution in [3.63, 3.8) is 0 Å². The monoisotopic (exact) mass is 316 g/mol. The average Bonchev–Trinajstić information content (AvgIpc) is 3.22. The number of halogens is 3.